The Hall–Kier alpha value is -0.540. The molecule has 1 fully saturated rings. The van der Waals surface area contributed by atoms with Crippen LogP contribution in [0.5, 0.6) is 5.75 Å². The molecule has 0 bridgehead atoms. The Morgan fingerprint density at radius 1 is 1.26 bits per heavy atom. The third-order valence-corrected chi connectivity index (χ3v) is 4.51. The van der Waals surface area contributed by atoms with Gasteiger partial charge < -0.3 is 10.1 Å². The molecule has 3 heteroatoms. The van der Waals surface area contributed by atoms with Crippen molar-refractivity contribution in [2.75, 3.05) is 13.2 Å². The van der Waals surface area contributed by atoms with Gasteiger partial charge in [-0.15, -0.1) is 0 Å². The van der Waals surface area contributed by atoms with Crippen LogP contribution in [0.4, 0.5) is 0 Å². The Morgan fingerprint density at radius 2 is 2.05 bits per heavy atom. The average molecular weight is 326 g/mol. The smallest absolute Gasteiger partial charge is 0.119 e. The number of rotatable bonds is 6. The summed E-state index contributed by atoms with van der Waals surface area (Å²) >= 11 is 3.42. The lowest BCUT2D eigenvalue weighted by atomic mass is 9.84. The Kier molecular flexibility index (Phi) is 6.18. The van der Waals surface area contributed by atoms with Crippen molar-refractivity contribution in [1.82, 2.24) is 5.32 Å². The van der Waals surface area contributed by atoms with Gasteiger partial charge in [0.15, 0.2) is 0 Å². The first-order valence-corrected chi connectivity index (χ1v) is 8.19. The highest BCUT2D eigenvalue weighted by Crippen LogP contribution is 2.26. The molecule has 1 aromatic rings. The van der Waals surface area contributed by atoms with E-state index in [2.05, 4.69) is 28.2 Å². The summed E-state index contributed by atoms with van der Waals surface area (Å²) in [6.07, 6.45) is 6.80. The van der Waals surface area contributed by atoms with Crippen LogP contribution in [0.1, 0.15) is 39.0 Å². The molecule has 0 amide bonds. The Bertz CT molecular complexity index is 366. The predicted molar refractivity (Wildman–Crippen MR) is 83.7 cm³/mol. The first-order chi connectivity index (χ1) is 9.28. The minimum absolute atomic E-state index is 0.701. The van der Waals surface area contributed by atoms with E-state index in [1.165, 1.54) is 32.1 Å². The van der Waals surface area contributed by atoms with Gasteiger partial charge in [-0.3, -0.25) is 0 Å². The molecule has 1 saturated carbocycles. The van der Waals surface area contributed by atoms with E-state index in [0.29, 0.717) is 6.04 Å². The second-order valence-electron chi connectivity index (χ2n) is 5.39. The van der Waals surface area contributed by atoms with Crippen LogP contribution in [0, 0.1) is 5.92 Å². The van der Waals surface area contributed by atoms with Gasteiger partial charge in [-0.2, -0.15) is 0 Å². The summed E-state index contributed by atoms with van der Waals surface area (Å²) in [4.78, 5) is 0. The van der Waals surface area contributed by atoms with Crippen molar-refractivity contribution in [2.45, 2.75) is 45.1 Å². The van der Waals surface area contributed by atoms with Gasteiger partial charge >= 0.3 is 0 Å². The second kappa shape index (κ2) is 7.91. The molecular formula is C16H24BrNO. The molecule has 0 aliphatic heterocycles. The zero-order valence-corrected chi connectivity index (χ0v) is 13.3. The van der Waals surface area contributed by atoms with E-state index in [9.17, 15) is 0 Å². The molecule has 2 unspecified atom stereocenters. The molecule has 0 radical (unpaired) electrons. The largest absolute Gasteiger partial charge is 0.492 e. The highest BCUT2D eigenvalue weighted by Gasteiger charge is 2.19. The lowest BCUT2D eigenvalue weighted by molar-refractivity contribution is 0.255. The SMILES string of the molecule is CCC1CCCC(NCCOc2ccc(Br)cc2)C1. The van der Waals surface area contributed by atoms with Crippen molar-refractivity contribution in [3.8, 4) is 5.75 Å². The Balaban J connectivity index is 1.62. The normalized spacial score (nSPS) is 23.3. The maximum absolute atomic E-state index is 5.72. The van der Waals surface area contributed by atoms with Crippen LogP contribution in [-0.2, 0) is 0 Å². The van der Waals surface area contributed by atoms with Gasteiger partial charge in [0.05, 0.1) is 0 Å². The fourth-order valence-electron chi connectivity index (χ4n) is 2.81. The third-order valence-electron chi connectivity index (χ3n) is 3.98. The van der Waals surface area contributed by atoms with Gasteiger partial charge in [0, 0.05) is 17.1 Å². The molecule has 106 valence electrons. The number of nitrogens with one attached hydrogen (secondary N) is 1. The van der Waals surface area contributed by atoms with Crippen molar-refractivity contribution in [3.05, 3.63) is 28.7 Å². The van der Waals surface area contributed by atoms with Crippen molar-refractivity contribution in [2.24, 2.45) is 5.92 Å². The molecule has 1 aliphatic rings. The van der Waals surface area contributed by atoms with Crippen molar-refractivity contribution < 1.29 is 4.74 Å². The standard InChI is InChI=1S/C16H24BrNO/c1-2-13-4-3-5-15(12-13)18-10-11-19-16-8-6-14(17)7-9-16/h6-9,13,15,18H,2-5,10-12H2,1H3. The molecular weight excluding hydrogens is 302 g/mol. The summed E-state index contributed by atoms with van der Waals surface area (Å²) in [7, 11) is 0. The minimum Gasteiger partial charge on any atom is -0.492 e. The van der Waals surface area contributed by atoms with Gasteiger partial charge in [-0.25, -0.2) is 0 Å². The number of hydrogen-bond donors (Lipinski definition) is 1. The van der Waals surface area contributed by atoms with E-state index in [1.54, 1.807) is 0 Å². The quantitative estimate of drug-likeness (QED) is 0.783. The predicted octanol–water partition coefficient (Wildman–Crippen LogP) is 4.39. The maximum atomic E-state index is 5.72. The first-order valence-electron chi connectivity index (χ1n) is 7.39. The summed E-state index contributed by atoms with van der Waals surface area (Å²) in [5.74, 6) is 1.87. The van der Waals surface area contributed by atoms with E-state index in [4.69, 9.17) is 4.74 Å². The summed E-state index contributed by atoms with van der Waals surface area (Å²) in [6.45, 7) is 4.00. The van der Waals surface area contributed by atoms with Gasteiger partial charge in [-0.1, -0.05) is 42.1 Å². The lowest BCUT2D eigenvalue weighted by Crippen LogP contribution is -2.36. The second-order valence-corrected chi connectivity index (χ2v) is 6.31. The van der Waals surface area contributed by atoms with Gasteiger partial charge in [0.1, 0.15) is 12.4 Å². The lowest BCUT2D eigenvalue weighted by Gasteiger charge is -2.29. The van der Waals surface area contributed by atoms with Crippen LogP contribution in [0.15, 0.2) is 28.7 Å². The molecule has 0 saturated heterocycles. The van der Waals surface area contributed by atoms with E-state index in [1.807, 2.05) is 24.3 Å². The first kappa shape index (κ1) is 14.9. The van der Waals surface area contributed by atoms with Crippen LogP contribution in [0.25, 0.3) is 0 Å². The highest BCUT2D eigenvalue weighted by atomic mass is 79.9. The molecule has 2 nitrogen and oxygen atoms in total. The van der Waals surface area contributed by atoms with Crippen molar-refractivity contribution in [3.63, 3.8) is 0 Å². The van der Waals surface area contributed by atoms with Crippen LogP contribution in [-0.4, -0.2) is 19.2 Å². The Labute approximate surface area is 125 Å². The average Bonchev–Trinajstić information content (AvgIpc) is 2.46. The molecule has 1 aromatic carbocycles. The minimum atomic E-state index is 0.701. The summed E-state index contributed by atoms with van der Waals surface area (Å²) in [5, 5.41) is 3.63. The fourth-order valence-corrected chi connectivity index (χ4v) is 3.07. The topological polar surface area (TPSA) is 21.3 Å². The summed E-state index contributed by atoms with van der Waals surface area (Å²) in [6, 6.07) is 8.72. The molecule has 1 N–H and O–H groups in total. The van der Waals surface area contributed by atoms with E-state index in [0.717, 1.165) is 29.3 Å². The Morgan fingerprint density at radius 3 is 2.79 bits per heavy atom. The molecule has 0 heterocycles. The van der Waals surface area contributed by atoms with Crippen molar-refractivity contribution >= 4 is 15.9 Å². The zero-order chi connectivity index (χ0) is 13.5. The molecule has 2 rings (SSSR count). The summed E-state index contributed by atoms with van der Waals surface area (Å²) < 4.78 is 6.81. The number of halogens is 1. The fraction of sp³-hybridized carbons (Fsp3) is 0.625. The van der Waals surface area contributed by atoms with Crippen molar-refractivity contribution in [1.29, 1.82) is 0 Å². The highest BCUT2D eigenvalue weighted by molar-refractivity contribution is 9.10. The zero-order valence-electron chi connectivity index (χ0n) is 11.7. The van der Waals surface area contributed by atoms with Crippen LogP contribution >= 0.6 is 15.9 Å². The summed E-state index contributed by atoms with van der Waals surface area (Å²) in [5.41, 5.74) is 0. The molecule has 1 aliphatic carbocycles. The monoisotopic (exact) mass is 325 g/mol. The van der Waals surface area contributed by atoms with Crippen LogP contribution in [0.2, 0.25) is 0 Å². The van der Waals surface area contributed by atoms with Gasteiger partial charge in [0.25, 0.3) is 0 Å². The van der Waals surface area contributed by atoms with Gasteiger partial charge in [0.2, 0.25) is 0 Å². The molecule has 19 heavy (non-hydrogen) atoms. The maximum Gasteiger partial charge on any atom is 0.119 e. The number of benzene rings is 1. The van der Waals surface area contributed by atoms with Gasteiger partial charge in [-0.05, 0) is 43.0 Å². The van der Waals surface area contributed by atoms with E-state index < -0.39 is 0 Å². The van der Waals surface area contributed by atoms with E-state index in [-0.39, 0.29) is 0 Å². The number of hydrogen-bond acceptors (Lipinski definition) is 2. The molecule has 0 spiro atoms. The van der Waals surface area contributed by atoms with E-state index >= 15 is 0 Å². The molecule has 0 aromatic heterocycles. The van der Waals surface area contributed by atoms with Crippen LogP contribution < -0.4 is 10.1 Å². The number of ether oxygens (including phenoxy) is 1. The third kappa shape index (κ3) is 5.15. The van der Waals surface area contributed by atoms with Crippen LogP contribution in [0.3, 0.4) is 0 Å². The molecule has 2 atom stereocenters.